The number of aryl methyl sites for hydroxylation is 1. The minimum atomic E-state index is 0.717. The molecule has 0 aliphatic heterocycles. The van der Waals surface area contributed by atoms with Gasteiger partial charge in [0.1, 0.15) is 5.82 Å². The van der Waals surface area contributed by atoms with Crippen molar-refractivity contribution in [3.8, 4) is 0 Å². The number of nitrogens with one attached hydrogen (secondary N) is 2. The molecule has 0 aliphatic rings. The van der Waals surface area contributed by atoms with E-state index < -0.39 is 0 Å². The zero-order valence-corrected chi connectivity index (χ0v) is 15.2. The molecule has 0 bridgehead atoms. The Morgan fingerprint density at radius 2 is 1.72 bits per heavy atom. The molecule has 2 aromatic heterocycles. The Kier molecular flexibility index (Phi) is 4.30. The molecule has 2 N–H and O–H groups in total. The molecule has 2 aromatic carbocycles. The first-order valence-electron chi connectivity index (χ1n) is 7.91. The fourth-order valence-electron chi connectivity index (χ4n) is 2.78. The van der Waals surface area contributed by atoms with Gasteiger partial charge in [-0.2, -0.15) is 11.3 Å². The highest BCUT2D eigenvalue weighted by Gasteiger charge is 2.10. The molecular formula is C20H16ClN3S. The number of aromatic nitrogens is 1. The topological polar surface area (TPSA) is 37.0 Å². The smallest absolute Gasteiger partial charge is 0.138 e. The van der Waals surface area contributed by atoms with Gasteiger partial charge in [-0.25, -0.2) is 4.98 Å². The summed E-state index contributed by atoms with van der Waals surface area (Å²) >= 11 is 7.64. The van der Waals surface area contributed by atoms with Crippen LogP contribution in [0.5, 0.6) is 0 Å². The maximum Gasteiger partial charge on any atom is 0.138 e. The molecule has 4 aromatic rings. The number of halogens is 1. The lowest BCUT2D eigenvalue weighted by Crippen LogP contribution is -1.98. The van der Waals surface area contributed by atoms with Crippen LogP contribution in [0.4, 0.5) is 22.9 Å². The van der Waals surface area contributed by atoms with Crippen molar-refractivity contribution in [2.75, 3.05) is 10.6 Å². The van der Waals surface area contributed by atoms with Crippen molar-refractivity contribution in [2.45, 2.75) is 6.92 Å². The summed E-state index contributed by atoms with van der Waals surface area (Å²) in [6, 6.07) is 16.0. The molecule has 0 radical (unpaired) electrons. The molecule has 2 heterocycles. The van der Waals surface area contributed by atoms with Crippen molar-refractivity contribution < 1.29 is 0 Å². The number of rotatable bonds is 4. The summed E-state index contributed by atoms with van der Waals surface area (Å²) in [5.41, 5.74) is 4.36. The Bertz CT molecular complexity index is 1010. The van der Waals surface area contributed by atoms with Crippen molar-refractivity contribution in [1.29, 1.82) is 0 Å². The predicted octanol–water partition coefficient (Wildman–Crippen LogP) is 6.75. The molecule has 25 heavy (non-hydrogen) atoms. The van der Waals surface area contributed by atoms with Crippen LogP contribution in [0, 0.1) is 6.92 Å². The van der Waals surface area contributed by atoms with Gasteiger partial charge in [-0.15, -0.1) is 0 Å². The van der Waals surface area contributed by atoms with Crippen LogP contribution in [0.3, 0.4) is 0 Å². The van der Waals surface area contributed by atoms with E-state index in [1.807, 2.05) is 36.5 Å². The number of pyridine rings is 1. The fraction of sp³-hybridized carbons (Fsp3) is 0.0500. The Morgan fingerprint density at radius 3 is 2.48 bits per heavy atom. The average Bonchev–Trinajstić information content (AvgIpc) is 3.13. The highest BCUT2D eigenvalue weighted by Crippen LogP contribution is 2.34. The number of benzene rings is 2. The first-order valence-corrected chi connectivity index (χ1v) is 9.23. The van der Waals surface area contributed by atoms with Crippen molar-refractivity contribution in [2.24, 2.45) is 0 Å². The molecule has 4 rings (SSSR count). The first kappa shape index (κ1) is 15.9. The molecule has 5 heteroatoms. The van der Waals surface area contributed by atoms with Crippen LogP contribution < -0.4 is 10.6 Å². The number of anilines is 4. The van der Waals surface area contributed by atoms with Gasteiger partial charge in [-0.05, 0) is 54.3 Å². The highest BCUT2D eigenvalue weighted by atomic mass is 35.5. The zero-order chi connectivity index (χ0) is 17.2. The van der Waals surface area contributed by atoms with Crippen molar-refractivity contribution in [1.82, 2.24) is 4.98 Å². The lowest BCUT2D eigenvalue weighted by Gasteiger charge is -2.15. The molecular weight excluding hydrogens is 350 g/mol. The van der Waals surface area contributed by atoms with Crippen LogP contribution in [0.2, 0.25) is 5.02 Å². The number of nitrogens with zero attached hydrogens (tertiary/aromatic N) is 1. The van der Waals surface area contributed by atoms with Crippen LogP contribution in [-0.4, -0.2) is 4.98 Å². The van der Waals surface area contributed by atoms with E-state index in [4.69, 9.17) is 11.6 Å². The third-order valence-electron chi connectivity index (χ3n) is 4.05. The maximum atomic E-state index is 5.96. The van der Waals surface area contributed by atoms with Crippen LogP contribution in [0.1, 0.15) is 5.56 Å². The van der Waals surface area contributed by atoms with Crippen LogP contribution in [0.25, 0.3) is 10.8 Å². The van der Waals surface area contributed by atoms with Gasteiger partial charge in [0.2, 0.25) is 0 Å². The molecule has 0 aliphatic carbocycles. The number of hydrogen-bond donors (Lipinski definition) is 2. The average molecular weight is 366 g/mol. The van der Waals surface area contributed by atoms with E-state index in [1.54, 1.807) is 11.3 Å². The predicted molar refractivity (Wildman–Crippen MR) is 109 cm³/mol. The third kappa shape index (κ3) is 3.31. The van der Waals surface area contributed by atoms with Crippen LogP contribution in [-0.2, 0) is 0 Å². The fourth-order valence-corrected chi connectivity index (χ4v) is 3.49. The molecule has 3 nitrogen and oxygen atoms in total. The van der Waals surface area contributed by atoms with Crippen LogP contribution in [0.15, 0.2) is 65.5 Å². The van der Waals surface area contributed by atoms with Gasteiger partial charge in [0.15, 0.2) is 0 Å². The van der Waals surface area contributed by atoms with E-state index >= 15 is 0 Å². The molecule has 0 unspecified atom stereocenters. The second kappa shape index (κ2) is 6.75. The first-order chi connectivity index (χ1) is 12.2. The van der Waals surface area contributed by atoms with Crippen molar-refractivity contribution in [3.63, 3.8) is 0 Å². The van der Waals surface area contributed by atoms with Gasteiger partial charge in [0.25, 0.3) is 0 Å². The molecule has 0 fully saturated rings. The van der Waals surface area contributed by atoms with Gasteiger partial charge in [0.05, 0.1) is 0 Å². The summed E-state index contributed by atoms with van der Waals surface area (Å²) in [6.07, 6.45) is 1.83. The van der Waals surface area contributed by atoms with Gasteiger partial charge in [-0.1, -0.05) is 23.7 Å². The summed E-state index contributed by atoms with van der Waals surface area (Å²) in [7, 11) is 0. The second-order valence-electron chi connectivity index (χ2n) is 5.78. The molecule has 124 valence electrons. The number of fused-ring (bicyclic) bond motifs is 1. The van der Waals surface area contributed by atoms with Gasteiger partial charge >= 0.3 is 0 Å². The van der Waals surface area contributed by atoms with Crippen molar-refractivity contribution >= 4 is 56.6 Å². The van der Waals surface area contributed by atoms with Crippen molar-refractivity contribution in [3.05, 3.63) is 76.1 Å². The monoisotopic (exact) mass is 365 g/mol. The Morgan fingerprint density at radius 1 is 0.880 bits per heavy atom. The van der Waals surface area contributed by atoms with Gasteiger partial charge in [0, 0.05) is 44.4 Å². The highest BCUT2D eigenvalue weighted by molar-refractivity contribution is 7.08. The number of thiophene rings is 1. The second-order valence-corrected chi connectivity index (χ2v) is 7.00. The minimum Gasteiger partial charge on any atom is -0.354 e. The summed E-state index contributed by atoms with van der Waals surface area (Å²) in [5, 5.41) is 14.0. The normalized spacial score (nSPS) is 10.8. The SMILES string of the molecule is Cc1ccc2c(Nc3ccc(Cl)cc3)nccc2c1Nc1ccsc1. The van der Waals surface area contributed by atoms with E-state index in [9.17, 15) is 0 Å². The number of hydrogen-bond acceptors (Lipinski definition) is 4. The summed E-state index contributed by atoms with van der Waals surface area (Å²) in [5.74, 6) is 0.827. The molecule has 0 saturated carbocycles. The van der Waals surface area contributed by atoms with E-state index in [0.29, 0.717) is 5.02 Å². The standard InChI is InChI=1S/C20H16ClN3S/c1-13-2-7-18-17(19(13)23-16-9-11-25-12-16)8-10-22-20(18)24-15-5-3-14(21)4-6-15/h2-12,23H,1H3,(H,22,24). The Hall–Kier alpha value is -2.56. The summed E-state index contributed by atoms with van der Waals surface area (Å²) in [4.78, 5) is 4.52. The van der Waals surface area contributed by atoms with Crippen LogP contribution >= 0.6 is 22.9 Å². The van der Waals surface area contributed by atoms with E-state index in [0.717, 1.165) is 33.7 Å². The maximum absolute atomic E-state index is 5.96. The molecule has 0 saturated heterocycles. The lowest BCUT2D eigenvalue weighted by molar-refractivity contribution is 1.33. The lowest BCUT2D eigenvalue weighted by atomic mass is 10.1. The minimum absolute atomic E-state index is 0.717. The van der Waals surface area contributed by atoms with Gasteiger partial charge in [-0.3, -0.25) is 0 Å². The van der Waals surface area contributed by atoms with Gasteiger partial charge < -0.3 is 10.6 Å². The third-order valence-corrected chi connectivity index (χ3v) is 4.99. The molecule has 0 spiro atoms. The molecule has 0 atom stereocenters. The Balaban J connectivity index is 1.77. The summed E-state index contributed by atoms with van der Waals surface area (Å²) in [6.45, 7) is 2.11. The quantitative estimate of drug-likeness (QED) is 0.420. The van der Waals surface area contributed by atoms with E-state index in [-0.39, 0.29) is 0 Å². The Labute approximate surface area is 155 Å². The van der Waals surface area contributed by atoms with E-state index in [1.165, 1.54) is 5.56 Å². The zero-order valence-electron chi connectivity index (χ0n) is 13.6. The largest absolute Gasteiger partial charge is 0.354 e. The van der Waals surface area contributed by atoms with E-state index in [2.05, 4.69) is 51.5 Å². The summed E-state index contributed by atoms with van der Waals surface area (Å²) < 4.78 is 0. The molecule has 0 amide bonds.